The second-order valence-corrected chi connectivity index (χ2v) is 3.27. The second-order valence-electron chi connectivity index (χ2n) is 3.27. The molecule has 0 aliphatic carbocycles. The van der Waals surface area contributed by atoms with Gasteiger partial charge >= 0.3 is 5.97 Å². The smallest absolute Gasteiger partial charge is 0.361 e. The number of nitrogens with zero attached hydrogens (tertiary/aromatic N) is 1. The number of anilines is 1. The molecule has 1 rings (SSSR count). The third-order valence-electron chi connectivity index (χ3n) is 1.88. The first-order valence-electron chi connectivity index (χ1n) is 4.58. The lowest BCUT2D eigenvalue weighted by Gasteiger charge is -2.02. The Hall–Kier alpha value is -1.52. The van der Waals surface area contributed by atoms with E-state index < -0.39 is 5.97 Å². The molecule has 0 unspecified atom stereocenters. The molecule has 0 aromatic carbocycles. The molecule has 0 aliphatic heterocycles. The minimum atomic E-state index is -0.479. The Morgan fingerprint density at radius 1 is 1.64 bits per heavy atom. The van der Waals surface area contributed by atoms with Crippen LogP contribution in [0, 0.1) is 0 Å². The Kier molecular flexibility index (Phi) is 3.11. The molecule has 0 bridgehead atoms. The molecule has 0 amide bonds. The van der Waals surface area contributed by atoms with E-state index >= 15 is 0 Å². The first kappa shape index (κ1) is 10.6. The van der Waals surface area contributed by atoms with Gasteiger partial charge < -0.3 is 10.5 Å². The van der Waals surface area contributed by atoms with Crippen molar-refractivity contribution in [1.29, 1.82) is 0 Å². The number of nitrogens with two attached hydrogens (primary N) is 1. The molecule has 78 valence electrons. The Balaban J connectivity index is 2.95. The third-order valence-corrected chi connectivity index (χ3v) is 1.88. The standard InChI is InChI=1S/C9H15N3O2/c1-4-14-9(13)8-6(10)7(5(2)3)11-12-8/h5H,4,10H2,1-3H3,(H,11,12). The quantitative estimate of drug-likeness (QED) is 0.715. The van der Waals surface area contributed by atoms with Crippen molar-refractivity contribution in [3.8, 4) is 0 Å². The number of carbonyl (C=O) groups is 1. The number of nitrogens with one attached hydrogen (secondary N) is 1. The third kappa shape index (κ3) is 1.86. The minimum absolute atomic E-state index is 0.176. The number of esters is 1. The maximum absolute atomic E-state index is 11.3. The van der Waals surface area contributed by atoms with Crippen molar-refractivity contribution in [2.45, 2.75) is 26.7 Å². The zero-order valence-electron chi connectivity index (χ0n) is 8.63. The monoisotopic (exact) mass is 197 g/mol. The summed E-state index contributed by atoms with van der Waals surface area (Å²) in [6.45, 7) is 6.00. The Labute approximate surface area is 82.6 Å². The molecule has 1 heterocycles. The van der Waals surface area contributed by atoms with Crippen LogP contribution in [0.2, 0.25) is 0 Å². The maximum Gasteiger partial charge on any atom is 0.361 e. The molecule has 0 fully saturated rings. The van der Waals surface area contributed by atoms with Crippen molar-refractivity contribution in [3.63, 3.8) is 0 Å². The van der Waals surface area contributed by atoms with Crippen molar-refractivity contribution in [2.24, 2.45) is 0 Å². The zero-order chi connectivity index (χ0) is 10.7. The fraction of sp³-hybridized carbons (Fsp3) is 0.556. The lowest BCUT2D eigenvalue weighted by Crippen LogP contribution is -2.08. The highest BCUT2D eigenvalue weighted by Crippen LogP contribution is 2.22. The lowest BCUT2D eigenvalue weighted by atomic mass is 10.1. The zero-order valence-corrected chi connectivity index (χ0v) is 8.63. The number of aromatic nitrogens is 2. The van der Waals surface area contributed by atoms with Gasteiger partial charge in [0.1, 0.15) is 0 Å². The molecule has 14 heavy (non-hydrogen) atoms. The number of ether oxygens (including phenoxy) is 1. The van der Waals surface area contributed by atoms with E-state index in [2.05, 4.69) is 10.2 Å². The highest BCUT2D eigenvalue weighted by molar-refractivity contribution is 5.93. The molecule has 0 atom stereocenters. The number of H-pyrrole nitrogens is 1. The summed E-state index contributed by atoms with van der Waals surface area (Å²) in [6.07, 6.45) is 0. The second kappa shape index (κ2) is 4.13. The lowest BCUT2D eigenvalue weighted by molar-refractivity contribution is 0.0520. The van der Waals surface area contributed by atoms with Crippen LogP contribution in [0.5, 0.6) is 0 Å². The van der Waals surface area contributed by atoms with Gasteiger partial charge in [0.25, 0.3) is 0 Å². The summed E-state index contributed by atoms with van der Waals surface area (Å²) < 4.78 is 4.80. The van der Waals surface area contributed by atoms with Crippen molar-refractivity contribution in [2.75, 3.05) is 12.3 Å². The first-order valence-corrected chi connectivity index (χ1v) is 4.58. The van der Waals surface area contributed by atoms with Gasteiger partial charge in [0.2, 0.25) is 0 Å². The van der Waals surface area contributed by atoms with Gasteiger partial charge in [-0.2, -0.15) is 5.10 Å². The van der Waals surface area contributed by atoms with Gasteiger partial charge in [-0.05, 0) is 12.8 Å². The predicted molar refractivity (Wildman–Crippen MR) is 53.0 cm³/mol. The molecular weight excluding hydrogens is 182 g/mol. The summed E-state index contributed by atoms with van der Waals surface area (Å²) in [4.78, 5) is 11.3. The average molecular weight is 197 g/mol. The number of hydrogen-bond acceptors (Lipinski definition) is 4. The number of hydrogen-bond donors (Lipinski definition) is 2. The van der Waals surface area contributed by atoms with E-state index in [1.165, 1.54) is 0 Å². The summed E-state index contributed by atoms with van der Waals surface area (Å²) >= 11 is 0. The number of carbonyl (C=O) groups excluding carboxylic acids is 1. The van der Waals surface area contributed by atoms with E-state index in [0.29, 0.717) is 12.3 Å². The van der Waals surface area contributed by atoms with E-state index in [4.69, 9.17) is 10.5 Å². The van der Waals surface area contributed by atoms with Crippen LogP contribution in [0.3, 0.4) is 0 Å². The molecular formula is C9H15N3O2. The van der Waals surface area contributed by atoms with Gasteiger partial charge in [-0.25, -0.2) is 4.79 Å². The fourth-order valence-electron chi connectivity index (χ4n) is 1.16. The number of nitrogen functional groups attached to an aromatic ring is 1. The van der Waals surface area contributed by atoms with Crippen molar-refractivity contribution < 1.29 is 9.53 Å². The molecule has 5 nitrogen and oxygen atoms in total. The van der Waals surface area contributed by atoms with E-state index in [9.17, 15) is 4.79 Å². The summed E-state index contributed by atoms with van der Waals surface area (Å²) in [6, 6.07) is 0. The fourth-order valence-corrected chi connectivity index (χ4v) is 1.16. The largest absolute Gasteiger partial charge is 0.461 e. The van der Waals surface area contributed by atoms with Crippen LogP contribution < -0.4 is 5.73 Å². The van der Waals surface area contributed by atoms with E-state index in [1.807, 2.05) is 13.8 Å². The van der Waals surface area contributed by atoms with E-state index in [0.717, 1.165) is 5.69 Å². The summed E-state index contributed by atoms with van der Waals surface area (Å²) in [7, 11) is 0. The van der Waals surface area contributed by atoms with Crippen LogP contribution in [-0.4, -0.2) is 22.8 Å². The Bertz CT molecular complexity index is 331. The van der Waals surface area contributed by atoms with Crippen LogP contribution in [0.25, 0.3) is 0 Å². The van der Waals surface area contributed by atoms with Crippen LogP contribution >= 0.6 is 0 Å². The van der Waals surface area contributed by atoms with Gasteiger partial charge in [-0.1, -0.05) is 13.8 Å². The van der Waals surface area contributed by atoms with Crippen LogP contribution in [-0.2, 0) is 4.74 Å². The normalized spacial score (nSPS) is 10.6. The molecule has 1 aromatic rings. The molecule has 0 saturated heterocycles. The van der Waals surface area contributed by atoms with Gasteiger partial charge in [0.15, 0.2) is 5.69 Å². The minimum Gasteiger partial charge on any atom is -0.461 e. The summed E-state index contributed by atoms with van der Waals surface area (Å²) in [5.74, 6) is -0.265. The van der Waals surface area contributed by atoms with Crippen molar-refractivity contribution in [3.05, 3.63) is 11.4 Å². The molecule has 0 radical (unpaired) electrons. The van der Waals surface area contributed by atoms with Gasteiger partial charge in [-0.15, -0.1) is 0 Å². The van der Waals surface area contributed by atoms with Crippen molar-refractivity contribution >= 4 is 11.7 Å². The van der Waals surface area contributed by atoms with Crippen LogP contribution in [0.4, 0.5) is 5.69 Å². The van der Waals surface area contributed by atoms with E-state index in [-0.39, 0.29) is 11.6 Å². The molecule has 0 saturated carbocycles. The topological polar surface area (TPSA) is 81.0 Å². The highest BCUT2D eigenvalue weighted by atomic mass is 16.5. The van der Waals surface area contributed by atoms with Gasteiger partial charge in [-0.3, -0.25) is 5.10 Å². The average Bonchev–Trinajstić information content (AvgIpc) is 2.47. The molecule has 5 heteroatoms. The number of rotatable bonds is 3. The summed E-state index contributed by atoms with van der Waals surface area (Å²) in [5, 5.41) is 6.57. The molecule has 3 N–H and O–H groups in total. The van der Waals surface area contributed by atoms with Gasteiger partial charge in [0.05, 0.1) is 18.0 Å². The van der Waals surface area contributed by atoms with Crippen LogP contribution in [0.1, 0.15) is 42.9 Å². The molecule has 0 aliphatic rings. The summed E-state index contributed by atoms with van der Waals surface area (Å²) in [5.41, 5.74) is 7.08. The Morgan fingerprint density at radius 2 is 2.29 bits per heavy atom. The number of aromatic amines is 1. The van der Waals surface area contributed by atoms with Gasteiger partial charge in [0, 0.05) is 0 Å². The van der Waals surface area contributed by atoms with Crippen molar-refractivity contribution in [1.82, 2.24) is 10.2 Å². The maximum atomic E-state index is 11.3. The first-order chi connectivity index (χ1) is 6.57. The Morgan fingerprint density at radius 3 is 2.71 bits per heavy atom. The van der Waals surface area contributed by atoms with Crippen LogP contribution in [0.15, 0.2) is 0 Å². The highest BCUT2D eigenvalue weighted by Gasteiger charge is 2.19. The molecule has 0 spiro atoms. The SMILES string of the molecule is CCOC(=O)c1n[nH]c(C(C)C)c1N. The van der Waals surface area contributed by atoms with E-state index in [1.54, 1.807) is 6.92 Å². The molecule has 1 aromatic heterocycles. The predicted octanol–water partition coefficient (Wildman–Crippen LogP) is 1.29.